The second-order valence-electron chi connectivity index (χ2n) is 9.46. The maximum absolute atomic E-state index is 13.7. The van der Waals surface area contributed by atoms with Gasteiger partial charge < -0.3 is 20.9 Å². The molecule has 11 heteroatoms. The fraction of sp³-hybridized carbons (Fsp3) is 0.286. The number of halogens is 1. The highest BCUT2D eigenvalue weighted by atomic mass is 35.5. The first-order valence-corrected chi connectivity index (χ1v) is 14.8. The van der Waals surface area contributed by atoms with Gasteiger partial charge in [-0.3, -0.25) is 14.3 Å². The molecule has 1 aliphatic heterocycles. The highest BCUT2D eigenvalue weighted by molar-refractivity contribution is 7.92. The predicted octanol–water partition coefficient (Wildman–Crippen LogP) is 2.86. The van der Waals surface area contributed by atoms with Gasteiger partial charge in [-0.1, -0.05) is 48.0 Å². The van der Waals surface area contributed by atoms with Gasteiger partial charge >= 0.3 is 0 Å². The molecule has 1 unspecified atom stereocenters. The number of sulfonamides is 1. The van der Waals surface area contributed by atoms with E-state index >= 15 is 0 Å². The average molecular weight is 570 g/mol. The number of nitrogens with two attached hydrogens (primary N) is 1. The topological polar surface area (TPSA) is 125 Å². The van der Waals surface area contributed by atoms with E-state index in [9.17, 15) is 18.0 Å². The molecule has 2 amide bonds. The molecule has 3 aromatic carbocycles. The molecule has 3 aromatic rings. The van der Waals surface area contributed by atoms with Gasteiger partial charge in [0.15, 0.2) is 0 Å². The molecule has 1 aliphatic rings. The van der Waals surface area contributed by atoms with E-state index in [0.717, 1.165) is 23.1 Å². The van der Waals surface area contributed by atoms with Crippen LogP contribution < -0.4 is 20.7 Å². The Bertz CT molecular complexity index is 1420. The predicted molar refractivity (Wildman–Crippen MR) is 154 cm³/mol. The molecule has 0 spiro atoms. The Hall–Kier alpha value is -3.60. The Kier molecular flexibility index (Phi) is 9.11. The molecule has 9 nitrogen and oxygen atoms in total. The number of anilines is 2. The van der Waals surface area contributed by atoms with Gasteiger partial charge in [0.2, 0.25) is 15.9 Å². The standard InChI is InChI=1S/C28H32ClN5O4S/c1-39(37,38)32-24-7-2-3-8-26(24)33-13-15-34(16-14-33)28(36)25(18-20-9-11-23(29)12-10-20)31-27(35)22-6-4-5-21(17-22)19-30/h2-12,17,25,32H,13-16,18-19,30H2,1H3,(H,31,35). The third-order valence-electron chi connectivity index (χ3n) is 6.51. The summed E-state index contributed by atoms with van der Waals surface area (Å²) in [5, 5.41) is 3.52. The maximum Gasteiger partial charge on any atom is 0.251 e. The van der Waals surface area contributed by atoms with Crippen LogP contribution in [0.4, 0.5) is 11.4 Å². The van der Waals surface area contributed by atoms with Crippen molar-refractivity contribution in [2.45, 2.75) is 19.0 Å². The number of rotatable bonds is 9. The lowest BCUT2D eigenvalue weighted by Gasteiger charge is -2.38. The smallest absolute Gasteiger partial charge is 0.251 e. The van der Waals surface area contributed by atoms with Crippen molar-refractivity contribution < 1.29 is 18.0 Å². The van der Waals surface area contributed by atoms with Crippen LogP contribution in [0.2, 0.25) is 5.02 Å². The van der Waals surface area contributed by atoms with E-state index in [1.807, 2.05) is 35.2 Å². The van der Waals surface area contributed by atoms with Crippen molar-refractivity contribution in [1.82, 2.24) is 10.2 Å². The molecular weight excluding hydrogens is 538 g/mol. The van der Waals surface area contributed by atoms with E-state index in [1.54, 1.807) is 47.4 Å². The number of hydrogen-bond acceptors (Lipinski definition) is 6. The molecule has 1 saturated heterocycles. The van der Waals surface area contributed by atoms with Crippen molar-refractivity contribution in [3.8, 4) is 0 Å². The monoisotopic (exact) mass is 569 g/mol. The van der Waals surface area contributed by atoms with Crippen molar-refractivity contribution >= 4 is 44.8 Å². The van der Waals surface area contributed by atoms with Crippen molar-refractivity contribution in [3.63, 3.8) is 0 Å². The summed E-state index contributed by atoms with van der Waals surface area (Å²) >= 11 is 6.04. The van der Waals surface area contributed by atoms with Crippen LogP contribution >= 0.6 is 11.6 Å². The molecule has 1 atom stereocenters. The first kappa shape index (κ1) is 28.4. The van der Waals surface area contributed by atoms with E-state index in [0.29, 0.717) is 55.4 Å². The van der Waals surface area contributed by atoms with Crippen LogP contribution in [0.5, 0.6) is 0 Å². The molecule has 39 heavy (non-hydrogen) atoms. The van der Waals surface area contributed by atoms with Crippen LogP contribution in [0, 0.1) is 0 Å². The van der Waals surface area contributed by atoms with Crippen LogP contribution in [0.3, 0.4) is 0 Å². The van der Waals surface area contributed by atoms with Crippen LogP contribution in [0.15, 0.2) is 72.8 Å². The molecule has 0 saturated carbocycles. The fourth-order valence-corrected chi connectivity index (χ4v) is 5.26. The van der Waals surface area contributed by atoms with E-state index in [2.05, 4.69) is 10.0 Å². The summed E-state index contributed by atoms with van der Waals surface area (Å²) in [5.74, 6) is -0.535. The summed E-state index contributed by atoms with van der Waals surface area (Å²) in [5.41, 5.74) is 9.11. The third kappa shape index (κ3) is 7.72. The van der Waals surface area contributed by atoms with Crippen LogP contribution in [-0.4, -0.2) is 63.6 Å². The van der Waals surface area contributed by atoms with Gasteiger partial charge in [-0.05, 0) is 47.5 Å². The van der Waals surface area contributed by atoms with Gasteiger partial charge in [0.25, 0.3) is 5.91 Å². The molecule has 0 aliphatic carbocycles. The zero-order valence-corrected chi connectivity index (χ0v) is 23.2. The first-order chi connectivity index (χ1) is 18.6. The second-order valence-corrected chi connectivity index (χ2v) is 11.6. The van der Waals surface area contributed by atoms with Crippen LogP contribution in [-0.2, 0) is 27.8 Å². The lowest BCUT2D eigenvalue weighted by atomic mass is 10.0. The van der Waals surface area contributed by atoms with E-state index in [4.69, 9.17) is 17.3 Å². The summed E-state index contributed by atoms with van der Waals surface area (Å²) in [7, 11) is -3.44. The highest BCUT2D eigenvalue weighted by Gasteiger charge is 2.30. The van der Waals surface area contributed by atoms with Gasteiger partial charge in [-0.15, -0.1) is 0 Å². The fourth-order valence-electron chi connectivity index (χ4n) is 4.56. The van der Waals surface area contributed by atoms with E-state index in [1.165, 1.54) is 0 Å². The Morgan fingerprint density at radius 2 is 1.64 bits per heavy atom. The van der Waals surface area contributed by atoms with Crippen molar-refractivity contribution in [3.05, 3.63) is 94.5 Å². The lowest BCUT2D eigenvalue weighted by Crippen LogP contribution is -2.55. The zero-order chi connectivity index (χ0) is 28.0. The maximum atomic E-state index is 13.7. The minimum Gasteiger partial charge on any atom is -0.366 e. The van der Waals surface area contributed by atoms with Gasteiger partial charge in [-0.2, -0.15) is 0 Å². The van der Waals surface area contributed by atoms with Crippen LogP contribution in [0.25, 0.3) is 0 Å². The van der Waals surface area contributed by atoms with Gasteiger partial charge in [0, 0.05) is 49.7 Å². The van der Waals surface area contributed by atoms with Crippen molar-refractivity contribution in [2.75, 3.05) is 42.1 Å². The van der Waals surface area contributed by atoms with Crippen LogP contribution in [0.1, 0.15) is 21.5 Å². The summed E-state index contributed by atoms with van der Waals surface area (Å²) in [6.45, 7) is 2.16. The molecule has 4 rings (SSSR count). The Morgan fingerprint density at radius 3 is 2.31 bits per heavy atom. The number of nitrogens with zero attached hydrogens (tertiary/aromatic N) is 2. The molecule has 4 N–H and O–H groups in total. The second kappa shape index (κ2) is 12.5. The molecule has 1 heterocycles. The van der Waals surface area contributed by atoms with E-state index in [-0.39, 0.29) is 11.8 Å². The molecule has 206 valence electrons. The molecular formula is C28H32ClN5O4S. The van der Waals surface area contributed by atoms with E-state index < -0.39 is 16.1 Å². The molecule has 0 aromatic heterocycles. The molecule has 0 radical (unpaired) electrons. The number of carbonyl (C=O) groups is 2. The summed E-state index contributed by atoms with van der Waals surface area (Å²) < 4.78 is 26.2. The minimum atomic E-state index is -3.44. The summed E-state index contributed by atoms with van der Waals surface area (Å²) in [6, 6.07) is 20.6. The molecule has 0 bridgehead atoms. The SMILES string of the molecule is CS(=O)(=O)Nc1ccccc1N1CCN(C(=O)C(Cc2ccc(Cl)cc2)NC(=O)c2cccc(CN)c2)CC1. The zero-order valence-electron chi connectivity index (χ0n) is 21.6. The first-order valence-electron chi connectivity index (χ1n) is 12.6. The summed E-state index contributed by atoms with van der Waals surface area (Å²) in [6.07, 6.45) is 1.42. The quantitative estimate of drug-likeness (QED) is 0.364. The largest absolute Gasteiger partial charge is 0.366 e. The Labute approximate surface area is 234 Å². The van der Waals surface area contributed by atoms with Gasteiger partial charge in [0.05, 0.1) is 17.6 Å². The highest BCUT2D eigenvalue weighted by Crippen LogP contribution is 2.27. The minimum absolute atomic E-state index is 0.185. The normalized spacial score (nSPS) is 14.5. The number of piperazine rings is 1. The van der Waals surface area contributed by atoms with Crippen molar-refractivity contribution in [2.24, 2.45) is 5.73 Å². The lowest BCUT2D eigenvalue weighted by molar-refractivity contribution is -0.133. The number of para-hydroxylation sites is 2. The number of amides is 2. The average Bonchev–Trinajstić information content (AvgIpc) is 2.93. The Morgan fingerprint density at radius 1 is 0.949 bits per heavy atom. The number of carbonyl (C=O) groups excluding carboxylic acids is 2. The van der Waals surface area contributed by atoms with Crippen molar-refractivity contribution in [1.29, 1.82) is 0 Å². The third-order valence-corrected chi connectivity index (χ3v) is 7.36. The van der Waals surface area contributed by atoms with Gasteiger partial charge in [0.1, 0.15) is 6.04 Å². The number of hydrogen-bond donors (Lipinski definition) is 3. The molecule has 1 fully saturated rings. The Balaban J connectivity index is 1.49. The number of nitrogens with one attached hydrogen (secondary N) is 2. The summed E-state index contributed by atoms with van der Waals surface area (Å²) in [4.78, 5) is 30.6. The number of benzene rings is 3. The van der Waals surface area contributed by atoms with Gasteiger partial charge in [-0.25, -0.2) is 8.42 Å².